The summed E-state index contributed by atoms with van der Waals surface area (Å²) >= 11 is 3.43. The van der Waals surface area contributed by atoms with E-state index in [0.717, 1.165) is 29.9 Å². The van der Waals surface area contributed by atoms with Gasteiger partial charge in [-0.2, -0.15) is 0 Å². The van der Waals surface area contributed by atoms with Gasteiger partial charge in [0.15, 0.2) is 0 Å². The molecule has 0 saturated carbocycles. The van der Waals surface area contributed by atoms with Crippen LogP contribution in [0.1, 0.15) is 12.8 Å². The van der Waals surface area contributed by atoms with Gasteiger partial charge < -0.3 is 15.2 Å². The quantitative estimate of drug-likeness (QED) is 0.757. The predicted octanol–water partition coefficient (Wildman–Crippen LogP) is 1.87. The second kappa shape index (κ2) is 8.62. The van der Waals surface area contributed by atoms with Crippen molar-refractivity contribution in [3.05, 3.63) is 28.7 Å². The molecule has 1 aromatic carbocycles. The molecule has 1 heterocycles. The van der Waals surface area contributed by atoms with Crippen molar-refractivity contribution in [1.82, 2.24) is 10.2 Å². The summed E-state index contributed by atoms with van der Waals surface area (Å²) in [6.45, 7) is 4.49. The molecule has 2 rings (SSSR count). The van der Waals surface area contributed by atoms with Crippen LogP contribution in [0.4, 0.5) is 0 Å². The zero-order valence-electron chi connectivity index (χ0n) is 11.7. The largest absolute Gasteiger partial charge is 0.492 e. The molecule has 2 N–H and O–H groups in total. The Morgan fingerprint density at radius 1 is 1.40 bits per heavy atom. The summed E-state index contributed by atoms with van der Waals surface area (Å²) in [4.78, 5) is 2.26. The lowest BCUT2D eigenvalue weighted by atomic mass is 10.2. The van der Waals surface area contributed by atoms with Crippen molar-refractivity contribution < 1.29 is 9.84 Å². The number of hydrogen-bond acceptors (Lipinski definition) is 4. The maximum atomic E-state index is 9.15. The molecule has 1 unspecified atom stereocenters. The van der Waals surface area contributed by atoms with Crippen LogP contribution in [-0.2, 0) is 0 Å². The van der Waals surface area contributed by atoms with Gasteiger partial charge in [0.2, 0.25) is 0 Å². The van der Waals surface area contributed by atoms with Crippen LogP contribution in [0.5, 0.6) is 5.75 Å². The number of aliphatic hydroxyl groups is 1. The van der Waals surface area contributed by atoms with Crippen LogP contribution >= 0.6 is 15.9 Å². The van der Waals surface area contributed by atoms with E-state index in [9.17, 15) is 0 Å². The highest BCUT2D eigenvalue weighted by Gasteiger charge is 2.17. The fourth-order valence-electron chi connectivity index (χ4n) is 2.51. The molecular weight excluding hydrogens is 320 g/mol. The molecular formula is C15H23BrN2O2. The number of nitrogens with one attached hydrogen (secondary N) is 1. The van der Waals surface area contributed by atoms with Crippen LogP contribution in [0.15, 0.2) is 28.7 Å². The summed E-state index contributed by atoms with van der Waals surface area (Å²) in [6.07, 6.45) is 2.49. The van der Waals surface area contributed by atoms with Crippen LogP contribution in [0.25, 0.3) is 0 Å². The smallest absolute Gasteiger partial charge is 0.120 e. The lowest BCUT2D eigenvalue weighted by Gasteiger charge is -2.24. The summed E-state index contributed by atoms with van der Waals surface area (Å²) in [5.41, 5.74) is 0. The minimum absolute atomic E-state index is 0.198. The first-order valence-corrected chi connectivity index (χ1v) is 8.02. The van der Waals surface area contributed by atoms with Gasteiger partial charge in [-0.25, -0.2) is 0 Å². The maximum Gasteiger partial charge on any atom is 0.120 e. The molecule has 1 aliphatic rings. The summed E-state index contributed by atoms with van der Waals surface area (Å²) in [6, 6.07) is 8.44. The number of nitrogens with zero attached hydrogens (tertiary/aromatic N) is 1. The first-order valence-electron chi connectivity index (χ1n) is 7.23. The fourth-order valence-corrected chi connectivity index (χ4v) is 2.89. The summed E-state index contributed by atoms with van der Waals surface area (Å²) in [5.74, 6) is 0.877. The van der Waals surface area contributed by atoms with Gasteiger partial charge >= 0.3 is 0 Å². The summed E-state index contributed by atoms with van der Waals surface area (Å²) in [7, 11) is 0. The van der Waals surface area contributed by atoms with Gasteiger partial charge in [0.05, 0.1) is 6.61 Å². The molecule has 112 valence electrons. The molecule has 1 atom stereocenters. The number of benzene rings is 1. The highest BCUT2D eigenvalue weighted by molar-refractivity contribution is 9.10. The Kier molecular flexibility index (Phi) is 6.79. The third-order valence-corrected chi connectivity index (χ3v) is 4.02. The van der Waals surface area contributed by atoms with Crippen molar-refractivity contribution in [2.75, 3.05) is 39.4 Å². The molecule has 20 heavy (non-hydrogen) atoms. The zero-order chi connectivity index (χ0) is 14.2. The van der Waals surface area contributed by atoms with Crippen LogP contribution < -0.4 is 10.1 Å². The number of ether oxygens (including phenoxy) is 1. The van der Waals surface area contributed by atoms with Gasteiger partial charge in [-0.05, 0) is 37.6 Å². The lowest BCUT2D eigenvalue weighted by Crippen LogP contribution is -2.40. The average Bonchev–Trinajstić information content (AvgIpc) is 2.92. The Morgan fingerprint density at radius 2 is 2.30 bits per heavy atom. The fraction of sp³-hybridized carbons (Fsp3) is 0.600. The van der Waals surface area contributed by atoms with E-state index >= 15 is 0 Å². The molecule has 0 aliphatic carbocycles. The van der Waals surface area contributed by atoms with E-state index in [4.69, 9.17) is 9.84 Å². The molecule has 4 nitrogen and oxygen atoms in total. The molecule has 1 fully saturated rings. The molecule has 0 radical (unpaired) electrons. The molecule has 0 spiro atoms. The monoisotopic (exact) mass is 342 g/mol. The summed E-state index contributed by atoms with van der Waals surface area (Å²) < 4.78 is 6.78. The van der Waals surface area contributed by atoms with Crippen molar-refractivity contribution in [2.45, 2.75) is 18.9 Å². The Hall–Kier alpha value is -0.620. The number of halogens is 1. The normalized spacial score (nSPS) is 18.6. The number of hydrogen-bond donors (Lipinski definition) is 2. The molecule has 5 heteroatoms. The second-order valence-electron chi connectivity index (χ2n) is 5.12. The van der Waals surface area contributed by atoms with Crippen molar-refractivity contribution in [1.29, 1.82) is 0 Å². The Bertz CT molecular complexity index is 397. The lowest BCUT2D eigenvalue weighted by molar-refractivity contribution is 0.159. The highest BCUT2D eigenvalue weighted by atomic mass is 79.9. The molecule has 0 amide bonds. The second-order valence-corrected chi connectivity index (χ2v) is 6.04. The molecule has 0 bridgehead atoms. The van der Waals surface area contributed by atoms with Gasteiger partial charge in [-0.3, -0.25) is 4.90 Å². The Labute approximate surface area is 129 Å². The van der Waals surface area contributed by atoms with Crippen LogP contribution in [0.3, 0.4) is 0 Å². The number of rotatable bonds is 8. The predicted molar refractivity (Wildman–Crippen MR) is 84.2 cm³/mol. The van der Waals surface area contributed by atoms with Crippen LogP contribution in [0, 0.1) is 0 Å². The van der Waals surface area contributed by atoms with Gasteiger partial charge in [0.1, 0.15) is 12.4 Å². The van der Waals surface area contributed by atoms with E-state index in [1.807, 2.05) is 24.3 Å². The van der Waals surface area contributed by atoms with Gasteiger partial charge in [0, 0.05) is 30.1 Å². The van der Waals surface area contributed by atoms with E-state index in [-0.39, 0.29) is 6.61 Å². The third kappa shape index (κ3) is 5.40. The topological polar surface area (TPSA) is 44.7 Å². The van der Waals surface area contributed by atoms with E-state index in [1.165, 1.54) is 12.8 Å². The Morgan fingerprint density at radius 3 is 3.00 bits per heavy atom. The SMILES string of the molecule is OCCN(CCOc1cccc(Br)c1)CC1CCCN1. The highest BCUT2D eigenvalue weighted by Crippen LogP contribution is 2.17. The van der Waals surface area contributed by atoms with E-state index in [0.29, 0.717) is 19.2 Å². The van der Waals surface area contributed by atoms with Crippen molar-refractivity contribution in [3.8, 4) is 5.75 Å². The third-order valence-electron chi connectivity index (χ3n) is 3.53. The molecule has 1 saturated heterocycles. The summed E-state index contributed by atoms with van der Waals surface area (Å²) in [5, 5.41) is 12.6. The minimum atomic E-state index is 0.198. The van der Waals surface area contributed by atoms with Crippen molar-refractivity contribution in [2.24, 2.45) is 0 Å². The maximum absolute atomic E-state index is 9.15. The molecule has 1 aromatic rings. The first kappa shape index (κ1) is 15.8. The molecule has 1 aliphatic heterocycles. The minimum Gasteiger partial charge on any atom is -0.492 e. The Balaban J connectivity index is 1.73. The van der Waals surface area contributed by atoms with Gasteiger partial charge in [-0.1, -0.05) is 22.0 Å². The van der Waals surface area contributed by atoms with Gasteiger partial charge in [-0.15, -0.1) is 0 Å². The van der Waals surface area contributed by atoms with Gasteiger partial charge in [0.25, 0.3) is 0 Å². The standard InChI is InChI=1S/C15H23BrN2O2/c16-13-3-1-5-15(11-13)20-10-8-18(7-9-19)12-14-4-2-6-17-14/h1,3,5,11,14,17,19H,2,4,6-10,12H2. The average molecular weight is 343 g/mol. The van der Waals surface area contributed by atoms with E-state index in [2.05, 4.69) is 26.1 Å². The number of aliphatic hydroxyl groups excluding tert-OH is 1. The van der Waals surface area contributed by atoms with Crippen molar-refractivity contribution >= 4 is 15.9 Å². The zero-order valence-corrected chi connectivity index (χ0v) is 13.3. The van der Waals surface area contributed by atoms with E-state index < -0.39 is 0 Å². The van der Waals surface area contributed by atoms with E-state index in [1.54, 1.807) is 0 Å². The van der Waals surface area contributed by atoms with Crippen LogP contribution in [-0.4, -0.2) is 55.4 Å². The van der Waals surface area contributed by atoms with Crippen molar-refractivity contribution in [3.63, 3.8) is 0 Å². The molecule has 0 aromatic heterocycles. The van der Waals surface area contributed by atoms with Crippen LogP contribution in [0.2, 0.25) is 0 Å². The first-order chi connectivity index (χ1) is 9.78.